The summed E-state index contributed by atoms with van der Waals surface area (Å²) in [5.74, 6) is -3.10. The van der Waals surface area contributed by atoms with Crippen LogP contribution >= 0.6 is 0 Å². The van der Waals surface area contributed by atoms with Crippen molar-refractivity contribution in [3.05, 3.63) is 23.8 Å². The number of hydrogen-bond acceptors (Lipinski definition) is 7. The number of alkyl halides is 3. The molecule has 2 rings (SSSR count). The number of rotatable bonds is 7. The third-order valence-electron chi connectivity index (χ3n) is 4.43. The van der Waals surface area contributed by atoms with E-state index in [-0.39, 0.29) is 17.9 Å². The number of aromatic hydroxyl groups is 1. The molecule has 0 spiro atoms. The van der Waals surface area contributed by atoms with Crippen LogP contribution < -0.4 is 5.32 Å². The smallest absolute Gasteiger partial charge is 0.426 e. The maximum absolute atomic E-state index is 12.7. The van der Waals surface area contributed by atoms with E-state index in [1.54, 1.807) is 0 Å². The Balaban J connectivity index is 1.88. The van der Waals surface area contributed by atoms with Gasteiger partial charge in [-0.05, 0) is 25.5 Å². The van der Waals surface area contributed by atoms with Crippen LogP contribution in [0, 0.1) is 0 Å². The molecule has 1 aromatic rings. The molecule has 8 nitrogen and oxygen atoms in total. The van der Waals surface area contributed by atoms with Crippen LogP contribution in [-0.2, 0) is 14.3 Å². The molecule has 1 fully saturated rings. The van der Waals surface area contributed by atoms with Crippen LogP contribution in [0.4, 0.5) is 18.9 Å². The Bertz CT molecular complexity index is 733. The largest absolute Gasteiger partial charge is 0.507 e. The molecule has 1 saturated heterocycles. The number of esters is 1. The van der Waals surface area contributed by atoms with Crippen LogP contribution in [-0.4, -0.2) is 78.2 Å². The standard InChI is InChI=1S/C18H23F3N2O6/c1-17(27,18(19,20)21)16(26)22-12-3-4-13(14(24)11-12)15(25)29-8-2-5-23-6-9-28-10-7-23/h3-4,11,24,27H,2,5-10H2,1H3,(H,22,26). The van der Waals surface area contributed by atoms with Crippen molar-refractivity contribution in [2.75, 3.05) is 44.8 Å². The topological polar surface area (TPSA) is 108 Å². The third kappa shape index (κ3) is 6.05. The second-order valence-corrected chi connectivity index (χ2v) is 6.70. The van der Waals surface area contributed by atoms with Gasteiger partial charge < -0.3 is 25.0 Å². The number of carbonyl (C=O) groups excluding carboxylic acids is 2. The van der Waals surface area contributed by atoms with Crippen molar-refractivity contribution < 1.29 is 42.4 Å². The van der Waals surface area contributed by atoms with E-state index in [4.69, 9.17) is 9.47 Å². The number of aliphatic hydroxyl groups is 1. The van der Waals surface area contributed by atoms with Crippen molar-refractivity contribution in [2.45, 2.75) is 25.1 Å². The lowest BCUT2D eigenvalue weighted by atomic mass is 10.1. The molecule has 1 heterocycles. The Hall–Kier alpha value is -2.37. The monoisotopic (exact) mass is 420 g/mol. The maximum Gasteiger partial charge on any atom is 0.426 e. The second-order valence-electron chi connectivity index (χ2n) is 6.70. The summed E-state index contributed by atoms with van der Waals surface area (Å²) in [5.41, 5.74) is -4.03. The first-order valence-corrected chi connectivity index (χ1v) is 8.93. The van der Waals surface area contributed by atoms with E-state index in [2.05, 4.69) is 4.90 Å². The van der Waals surface area contributed by atoms with Gasteiger partial charge in [0.05, 0.1) is 19.8 Å². The number of ether oxygens (including phenoxy) is 2. The molecule has 1 amide bonds. The number of phenolic OH excluding ortho intramolecular Hbond substituents is 1. The number of carbonyl (C=O) groups is 2. The molecule has 0 aliphatic carbocycles. The van der Waals surface area contributed by atoms with Crippen LogP contribution in [0.1, 0.15) is 23.7 Å². The van der Waals surface area contributed by atoms with E-state index >= 15 is 0 Å². The highest BCUT2D eigenvalue weighted by Crippen LogP contribution is 2.31. The van der Waals surface area contributed by atoms with Gasteiger partial charge in [-0.25, -0.2) is 4.79 Å². The molecular weight excluding hydrogens is 397 g/mol. The predicted molar refractivity (Wildman–Crippen MR) is 95.6 cm³/mol. The molecule has 1 atom stereocenters. The van der Waals surface area contributed by atoms with Gasteiger partial charge >= 0.3 is 12.1 Å². The number of hydrogen-bond donors (Lipinski definition) is 3. The Kier molecular flexibility index (Phi) is 7.44. The highest BCUT2D eigenvalue weighted by atomic mass is 19.4. The summed E-state index contributed by atoms with van der Waals surface area (Å²) in [6.45, 7) is 4.11. The van der Waals surface area contributed by atoms with Gasteiger partial charge in [-0.15, -0.1) is 0 Å². The lowest BCUT2D eigenvalue weighted by Gasteiger charge is -2.26. The summed E-state index contributed by atoms with van der Waals surface area (Å²) in [5, 5.41) is 21.1. The Morgan fingerprint density at radius 2 is 1.93 bits per heavy atom. The van der Waals surface area contributed by atoms with Crippen LogP contribution in [0.25, 0.3) is 0 Å². The van der Waals surface area contributed by atoms with Gasteiger partial charge in [0.1, 0.15) is 11.3 Å². The Labute approximate surface area is 165 Å². The first kappa shape index (κ1) is 22.9. The summed E-state index contributed by atoms with van der Waals surface area (Å²) >= 11 is 0. The Morgan fingerprint density at radius 1 is 1.28 bits per heavy atom. The van der Waals surface area contributed by atoms with Gasteiger partial charge in [0.2, 0.25) is 5.60 Å². The zero-order chi connectivity index (χ0) is 21.7. The zero-order valence-electron chi connectivity index (χ0n) is 15.8. The number of phenols is 1. The van der Waals surface area contributed by atoms with Crippen molar-refractivity contribution in [3.8, 4) is 5.75 Å². The van der Waals surface area contributed by atoms with Gasteiger partial charge in [0, 0.05) is 31.4 Å². The Morgan fingerprint density at radius 3 is 2.52 bits per heavy atom. The molecule has 1 aromatic carbocycles. The number of anilines is 1. The van der Waals surface area contributed by atoms with Crippen molar-refractivity contribution in [3.63, 3.8) is 0 Å². The third-order valence-corrected chi connectivity index (χ3v) is 4.43. The molecule has 1 aliphatic heterocycles. The minimum atomic E-state index is -5.18. The number of halogens is 3. The lowest BCUT2D eigenvalue weighted by Crippen LogP contribution is -2.52. The van der Waals surface area contributed by atoms with Gasteiger partial charge in [0.25, 0.3) is 5.91 Å². The fourth-order valence-electron chi connectivity index (χ4n) is 2.52. The van der Waals surface area contributed by atoms with Crippen LogP contribution in [0.15, 0.2) is 18.2 Å². The fourth-order valence-corrected chi connectivity index (χ4v) is 2.52. The first-order valence-electron chi connectivity index (χ1n) is 8.93. The molecule has 0 saturated carbocycles. The maximum atomic E-state index is 12.7. The average molecular weight is 420 g/mol. The van der Waals surface area contributed by atoms with Gasteiger partial charge in [0.15, 0.2) is 0 Å². The van der Waals surface area contributed by atoms with E-state index in [1.807, 2.05) is 5.32 Å². The van der Waals surface area contributed by atoms with E-state index in [1.165, 1.54) is 0 Å². The predicted octanol–water partition coefficient (Wildman–Crippen LogP) is 1.52. The fraction of sp³-hybridized carbons (Fsp3) is 0.556. The summed E-state index contributed by atoms with van der Waals surface area (Å²) in [7, 11) is 0. The first-order chi connectivity index (χ1) is 13.5. The van der Waals surface area contributed by atoms with Crippen molar-refractivity contribution in [1.29, 1.82) is 0 Å². The van der Waals surface area contributed by atoms with Crippen LogP contribution in [0.3, 0.4) is 0 Å². The molecular formula is C18H23F3N2O6. The van der Waals surface area contributed by atoms with Gasteiger partial charge in [-0.3, -0.25) is 9.69 Å². The average Bonchev–Trinajstić information content (AvgIpc) is 2.65. The molecule has 1 aliphatic rings. The summed E-state index contributed by atoms with van der Waals surface area (Å²) in [6, 6.07) is 3.13. The van der Waals surface area contributed by atoms with E-state index in [9.17, 15) is 33.0 Å². The van der Waals surface area contributed by atoms with Gasteiger partial charge in [-0.1, -0.05) is 0 Å². The molecule has 1 unspecified atom stereocenters. The van der Waals surface area contributed by atoms with Crippen molar-refractivity contribution in [1.82, 2.24) is 4.90 Å². The molecule has 3 N–H and O–H groups in total. The molecule has 0 aromatic heterocycles. The second kappa shape index (κ2) is 9.42. The highest BCUT2D eigenvalue weighted by molar-refractivity contribution is 5.99. The lowest BCUT2D eigenvalue weighted by molar-refractivity contribution is -0.242. The number of morpholine rings is 1. The van der Waals surface area contributed by atoms with Crippen LogP contribution in [0.5, 0.6) is 5.75 Å². The molecule has 29 heavy (non-hydrogen) atoms. The quantitative estimate of drug-likeness (QED) is 0.453. The minimum absolute atomic E-state index is 0.128. The highest BCUT2D eigenvalue weighted by Gasteiger charge is 2.55. The molecule has 162 valence electrons. The number of nitrogens with zero attached hydrogens (tertiary/aromatic N) is 1. The van der Waals surface area contributed by atoms with Gasteiger partial charge in [-0.2, -0.15) is 13.2 Å². The zero-order valence-corrected chi connectivity index (χ0v) is 15.8. The molecule has 0 bridgehead atoms. The van der Waals surface area contributed by atoms with Crippen LogP contribution in [0.2, 0.25) is 0 Å². The van der Waals surface area contributed by atoms with E-state index in [0.29, 0.717) is 26.6 Å². The summed E-state index contributed by atoms with van der Waals surface area (Å²) < 4.78 is 48.3. The molecule has 11 heteroatoms. The number of nitrogens with one attached hydrogen (secondary N) is 1. The van der Waals surface area contributed by atoms with Crippen molar-refractivity contribution in [2.24, 2.45) is 0 Å². The number of amides is 1. The number of benzene rings is 1. The molecule has 0 radical (unpaired) electrons. The van der Waals surface area contributed by atoms with E-state index in [0.717, 1.165) is 37.8 Å². The van der Waals surface area contributed by atoms with E-state index < -0.39 is 29.4 Å². The SMILES string of the molecule is CC(O)(C(=O)Nc1ccc(C(=O)OCCCN2CCOCC2)c(O)c1)C(F)(F)F. The summed E-state index contributed by atoms with van der Waals surface area (Å²) in [4.78, 5) is 25.9. The normalized spacial score (nSPS) is 17.4. The minimum Gasteiger partial charge on any atom is -0.507 e. The summed E-state index contributed by atoms with van der Waals surface area (Å²) in [6.07, 6.45) is -4.59. The van der Waals surface area contributed by atoms with Crippen molar-refractivity contribution >= 4 is 17.6 Å².